The van der Waals surface area contributed by atoms with Crippen molar-refractivity contribution in [2.45, 2.75) is 19.8 Å². The molecule has 3 nitrogen and oxygen atoms in total. The molecule has 96 valence electrons. The molecule has 0 N–H and O–H groups in total. The molecule has 0 aromatic carbocycles. The third-order valence-corrected chi connectivity index (χ3v) is 4.80. The van der Waals surface area contributed by atoms with Crippen LogP contribution in [0.1, 0.15) is 30.1 Å². The quantitative estimate of drug-likeness (QED) is 0.791. The Balaban J connectivity index is 2.09. The Morgan fingerprint density at radius 1 is 1.50 bits per heavy atom. The number of amides is 1. The highest BCUT2D eigenvalue weighted by Crippen LogP contribution is 2.34. The van der Waals surface area contributed by atoms with Crippen LogP contribution in [-0.2, 0) is 0 Å². The Hall–Kier alpha value is -0.760. The van der Waals surface area contributed by atoms with Crippen molar-refractivity contribution in [3.8, 4) is 6.07 Å². The van der Waals surface area contributed by atoms with Gasteiger partial charge in [-0.05, 0) is 25.8 Å². The van der Waals surface area contributed by atoms with Gasteiger partial charge < -0.3 is 4.90 Å². The molecule has 1 aliphatic heterocycles. The summed E-state index contributed by atoms with van der Waals surface area (Å²) in [5.74, 6) is -0.0943. The van der Waals surface area contributed by atoms with Gasteiger partial charge >= 0.3 is 0 Å². The number of rotatable bonds is 1. The van der Waals surface area contributed by atoms with Gasteiger partial charge in [0.15, 0.2) is 0 Å². The lowest BCUT2D eigenvalue weighted by Crippen LogP contribution is -2.41. The van der Waals surface area contributed by atoms with Crippen molar-refractivity contribution in [1.29, 1.82) is 5.26 Å². The summed E-state index contributed by atoms with van der Waals surface area (Å²) in [7, 11) is 0. The standard InChI is InChI=1S/C12H12Cl2N2OS/c1-12(7-15)2-4-16(5-3-12)11(17)8-6-9(13)18-10(8)14/h6H,2-5H2,1H3. The van der Waals surface area contributed by atoms with E-state index in [1.807, 2.05) is 6.92 Å². The van der Waals surface area contributed by atoms with Gasteiger partial charge in [-0.25, -0.2) is 0 Å². The van der Waals surface area contributed by atoms with Crippen LogP contribution in [0.5, 0.6) is 0 Å². The summed E-state index contributed by atoms with van der Waals surface area (Å²) >= 11 is 13.0. The molecule has 1 aromatic heterocycles. The monoisotopic (exact) mass is 302 g/mol. The Bertz CT molecular complexity index is 513. The molecule has 0 unspecified atom stereocenters. The fraction of sp³-hybridized carbons (Fsp3) is 0.500. The van der Waals surface area contributed by atoms with Crippen molar-refractivity contribution in [2.24, 2.45) is 5.41 Å². The number of thiophene rings is 1. The lowest BCUT2D eigenvalue weighted by molar-refractivity contribution is 0.0662. The van der Waals surface area contributed by atoms with Crippen LogP contribution in [0.3, 0.4) is 0 Å². The Morgan fingerprint density at radius 2 is 2.11 bits per heavy atom. The van der Waals surface area contributed by atoms with Crippen molar-refractivity contribution in [1.82, 2.24) is 4.90 Å². The summed E-state index contributed by atoms with van der Waals surface area (Å²) < 4.78 is 0.945. The molecule has 0 atom stereocenters. The molecule has 1 saturated heterocycles. The molecular weight excluding hydrogens is 291 g/mol. The van der Waals surface area contributed by atoms with Crippen LogP contribution in [0.4, 0.5) is 0 Å². The van der Waals surface area contributed by atoms with E-state index in [0.717, 1.165) is 0 Å². The highest BCUT2D eigenvalue weighted by Gasteiger charge is 2.32. The third kappa shape index (κ3) is 2.64. The topological polar surface area (TPSA) is 44.1 Å². The SMILES string of the molecule is CC1(C#N)CCN(C(=O)c2cc(Cl)sc2Cl)CC1. The van der Waals surface area contributed by atoms with Gasteiger partial charge in [0.25, 0.3) is 5.91 Å². The number of nitriles is 1. The van der Waals surface area contributed by atoms with Crippen molar-refractivity contribution in [3.63, 3.8) is 0 Å². The summed E-state index contributed by atoms with van der Waals surface area (Å²) in [6.45, 7) is 3.11. The maximum absolute atomic E-state index is 12.2. The van der Waals surface area contributed by atoms with Gasteiger partial charge in [0.2, 0.25) is 0 Å². The average Bonchev–Trinajstić information content (AvgIpc) is 2.69. The minimum Gasteiger partial charge on any atom is -0.338 e. The second kappa shape index (κ2) is 5.08. The second-order valence-electron chi connectivity index (χ2n) is 4.70. The molecule has 2 heterocycles. The van der Waals surface area contributed by atoms with Gasteiger partial charge in [0.05, 0.1) is 21.4 Å². The normalized spacial score (nSPS) is 18.4. The van der Waals surface area contributed by atoms with Crippen molar-refractivity contribution < 1.29 is 4.79 Å². The zero-order valence-electron chi connectivity index (χ0n) is 9.87. The van der Waals surface area contributed by atoms with Gasteiger partial charge in [-0.3, -0.25) is 4.79 Å². The lowest BCUT2D eigenvalue weighted by Gasteiger charge is -2.34. The Labute approximate surface area is 120 Å². The fourth-order valence-corrected chi connectivity index (χ4v) is 3.42. The highest BCUT2D eigenvalue weighted by molar-refractivity contribution is 7.20. The second-order valence-corrected chi connectivity index (χ2v) is 6.99. The molecule has 6 heteroatoms. The molecule has 1 fully saturated rings. The summed E-state index contributed by atoms with van der Waals surface area (Å²) in [6.07, 6.45) is 1.40. The van der Waals surface area contributed by atoms with E-state index in [0.29, 0.717) is 40.2 Å². The Morgan fingerprint density at radius 3 is 2.56 bits per heavy atom. The van der Waals surface area contributed by atoms with Gasteiger partial charge in [-0.2, -0.15) is 5.26 Å². The minimum atomic E-state index is -0.313. The Kier molecular flexibility index (Phi) is 3.86. The summed E-state index contributed by atoms with van der Waals surface area (Å²) in [5.41, 5.74) is 0.152. The number of piperidine rings is 1. The van der Waals surface area contributed by atoms with Gasteiger partial charge in [0.1, 0.15) is 4.34 Å². The molecule has 1 aliphatic rings. The van der Waals surface area contributed by atoms with Crippen molar-refractivity contribution in [3.05, 3.63) is 20.3 Å². The zero-order chi connectivity index (χ0) is 13.3. The van der Waals surface area contributed by atoms with Crippen LogP contribution in [0.15, 0.2) is 6.07 Å². The number of nitrogens with zero attached hydrogens (tertiary/aromatic N) is 2. The number of hydrogen-bond donors (Lipinski definition) is 0. The van der Waals surface area contributed by atoms with Gasteiger partial charge in [-0.1, -0.05) is 23.2 Å². The van der Waals surface area contributed by atoms with Gasteiger partial charge in [-0.15, -0.1) is 11.3 Å². The molecule has 18 heavy (non-hydrogen) atoms. The highest BCUT2D eigenvalue weighted by atomic mass is 35.5. The molecule has 0 aliphatic carbocycles. The van der Waals surface area contributed by atoms with E-state index in [9.17, 15) is 4.79 Å². The van der Waals surface area contributed by atoms with Crippen LogP contribution in [-0.4, -0.2) is 23.9 Å². The first kappa shape index (κ1) is 13.7. The van der Waals surface area contributed by atoms with Crippen molar-refractivity contribution >= 4 is 40.4 Å². The van der Waals surface area contributed by atoms with E-state index in [1.165, 1.54) is 11.3 Å². The summed E-state index contributed by atoms with van der Waals surface area (Å²) in [5, 5.41) is 9.05. The zero-order valence-corrected chi connectivity index (χ0v) is 12.2. The average molecular weight is 303 g/mol. The summed E-state index contributed by atoms with van der Waals surface area (Å²) in [4.78, 5) is 14.0. The smallest absolute Gasteiger partial charge is 0.256 e. The third-order valence-electron chi connectivity index (χ3n) is 3.31. The van der Waals surface area contributed by atoms with E-state index >= 15 is 0 Å². The van der Waals surface area contributed by atoms with E-state index < -0.39 is 0 Å². The van der Waals surface area contributed by atoms with Crippen LogP contribution in [0.2, 0.25) is 8.67 Å². The first-order chi connectivity index (χ1) is 8.45. The number of likely N-dealkylation sites (tertiary alicyclic amines) is 1. The van der Waals surface area contributed by atoms with Crippen LogP contribution < -0.4 is 0 Å². The van der Waals surface area contributed by atoms with Crippen LogP contribution in [0, 0.1) is 16.7 Å². The number of carbonyl (C=O) groups excluding carboxylic acids is 1. The predicted octanol–water partition coefficient (Wildman–Crippen LogP) is 3.82. The predicted molar refractivity (Wildman–Crippen MR) is 73.2 cm³/mol. The number of hydrogen-bond acceptors (Lipinski definition) is 3. The molecule has 0 radical (unpaired) electrons. The van der Waals surface area contributed by atoms with Crippen LogP contribution in [0.25, 0.3) is 0 Å². The van der Waals surface area contributed by atoms with E-state index in [1.54, 1.807) is 11.0 Å². The molecular formula is C12H12Cl2N2OS. The van der Waals surface area contributed by atoms with E-state index in [-0.39, 0.29) is 11.3 Å². The molecule has 0 spiro atoms. The first-order valence-electron chi connectivity index (χ1n) is 5.60. The largest absolute Gasteiger partial charge is 0.338 e. The molecule has 0 saturated carbocycles. The molecule has 2 rings (SSSR count). The number of halogens is 2. The fourth-order valence-electron chi connectivity index (χ4n) is 1.97. The van der Waals surface area contributed by atoms with Crippen molar-refractivity contribution in [2.75, 3.05) is 13.1 Å². The lowest BCUT2D eigenvalue weighted by atomic mass is 9.82. The van der Waals surface area contributed by atoms with Gasteiger partial charge in [0, 0.05) is 13.1 Å². The molecule has 1 aromatic rings. The van der Waals surface area contributed by atoms with E-state index in [4.69, 9.17) is 28.5 Å². The maximum Gasteiger partial charge on any atom is 0.256 e. The molecule has 1 amide bonds. The van der Waals surface area contributed by atoms with Crippen LogP contribution >= 0.6 is 34.5 Å². The maximum atomic E-state index is 12.2. The summed E-state index contributed by atoms with van der Waals surface area (Å²) in [6, 6.07) is 3.92. The minimum absolute atomic E-state index is 0.0943. The number of carbonyl (C=O) groups is 1. The van der Waals surface area contributed by atoms with E-state index in [2.05, 4.69) is 6.07 Å². The first-order valence-corrected chi connectivity index (χ1v) is 7.18. The molecule has 0 bridgehead atoms.